The molecule has 1 atom stereocenters. The maximum absolute atomic E-state index is 12.3. The van der Waals surface area contributed by atoms with Gasteiger partial charge in [0.15, 0.2) is 6.10 Å². The molecule has 0 heterocycles. The summed E-state index contributed by atoms with van der Waals surface area (Å²) in [4.78, 5) is 24.5. The lowest BCUT2D eigenvalue weighted by Gasteiger charge is -2.15. The number of aliphatic hydroxyl groups is 1. The first-order chi connectivity index (χ1) is 30.6. The molecule has 5 heteroatoms. The predicted molar refractivity (Wildman–Crippen MR) is 270 cm³/mol. The van der Waals surface area contributed by atoms with Gasteiger partial charge in [-0.25, -0.2) is 0 Å². The molecule has 1 unspecified atom stereocenters. The molecular formula is C57H100O5. The molecular weight excluding hydrogens is 765 g/mol. The van der Waals surface area contributed by atoms with E-state index < -0.39 is 6.10 Å². The molecule has 0 aliphatic carbocycles. The summed E-state index contributed by atoms with van der Waals surface area (Å²) in [5, 5.41) is 9.64. The number of ether oxygens (including phenoxy) is 2. The molecule has 0 aliphatic rings. The number of hydrogen-bond donors (Lipinski definition) is 1. The van der Waals surface area contributed by atoms with E-state index in [2.05, 4.69) is 86.8 Å². The van der Waals surface area contributed by atoms with Gasteiger partial charge in [0, 0.05) is 12.8 Å². The lowest BCUT2D eigenvalue weighted by molar-refractivity contribution is -0.161. The van der Waals surface area contributed by atoms with Crippen LogP contribution in [0.25, 0.3) is 0 Å². The van der Waals surface area contributed by atoms with Crippen molar-refractivity contribution < 1.29 is 24.2 Å². The minimum absolute atomic E-state index is 0.0700. The average Bonchev–Trinajstić information content (AvgIpc) is 3.28. The molecule has 0 aromatic rings. The normalized spacial score (nSPS) is 12.8. The van der Waals surface area contributed by atoms with E-state index in [9.17, 15) is 14.7 Å². The Hall–Kier alpha value is -2.66. The van der Waals surface area contributed by atoms with Gasteiger partial charge in [-0.15, -0.1) is 0 Å². The summed E-state index contributed by atoms with van der Waals surface area (Å²) in [6, 6.07) is 0. The van der Waals surface area contributed by atoms with E-state index in [4.69, 9.17) is 9.47 Å². The second-order valence-electron chi connectivity index (χ2n) is 17.6. The molecule has 358 valence electrons. The lowest BCUT2D eigenvalue weighted by Crippen LogP contribution is -2.28. The summed E-state index contributed by atoms with van der Waals surface area (Å²) < 4.78 is 10.7. The highest BCUT2D eigenvalue weighted by Crippen LogP contribution is 2.15. The van der Waals surface area contributed by atoms with E-state index in [0.717, 1.165) is 70.6 Å². The highest BCUT2D eigenvalue weighted by atomic mass is 16.6. The van der Waals surface area contributed by atoms with Crippen molar-refractivity contribution in [3.05, 3.63) is 72.9 Å². The van der Waals surface area contributed by atoms with Crippen LogP contribution in [0.15, 0.2) is 72.9 Å². The predicted octanol–water partition coefficient (Wildman–Crippen LogP) is 17.6. The molecule has 0 bridgehead atoms. The van der Waals surface area contributed by atoms with Crippen LogP contribution < -0.4 is 0 Å². The smallest absolute Gasteiger partial charge is 0.306 e. The van der Waals surface area contributed by atoms with Crippen LogP contribution in [0.5, 0.6) is 0 Å². The highest BCUT2D eigenvalue weighted by molar-refractivity contribution is 5.70. The van der Waals surface area contributed by atoms with Gasteiger partial charge in [-0.1, -0.05) is 234 Å². The van der Waals surface area contributed by atoms with Crippen molar-refractivity contribution in [2.75, 3.05) is 13.2 Å². The average molecular weight is 865 g/mol. The maximum atomic E-state index is 12.3. The van der Waals surface area contributed by atoms with Crippen LogP contribution in [-0.4, -0.2) is 36.4 Å². The maximum Gasteiger partial charge on any atom is 0.306 e. The Morgan fingerprint density at radius 1 is 0.387 bits per heavy atom. The fourth-order valence-electron chi connectivity index (χ4n) is 7.52. The van der Waals surface area contributed by atoms with Gasteiger partial charge >= 0.3 is 11.9 Å². The molecule has 0 aromatic carbocycles. The van der Waals surface area contributed by atoms with Gasteiger partial charge in [0.2, 0.25) is 0 Å². The van der Waals surface area contributed by atoms with Crippen LogP contribution >= 0.6 is 0 Å². The van der Waals surface area contributed by atoms with Crippen molar-refractivity contribution in [1.82, 2.24) is 0 Å². The third-order valence-corrected chi connectivity index (χ3v) is 11.5. The first-order valence-corrected chi connectivity index (χ1v) is 26.5. The first kappa shape index (κ1) is 59.3. The van der Waals surface area contributed by atoms with Crippen molar-refractivity contribution in [3.63, 3.8) is 0 Å². The minimum Gasteiger partial charge on any atom is -0.462 e. The fourth-order valence-corrected chi connectivity index (χ4v) is 7.52. The van der Waals surface area contributed by atoms with Crippen LogP contribution in [0.3, 0.4) is 0 Å². The Kier molecular flexibility index (Phi) is 50.4. The second kappa shape index (κ2) is 52.7. The Balaban J connectivity index is 3.52. The number of rotatable bonds is 48. The molecule has 0 saturated heterocycles. The van der Waals surface area contributed by atoms with E-state index in [1.165, 1.54) is 161 Å². The number of carbonyl (C=O) groups excluding carboxylic acids is 2. The zero-order valence-corrected chi connectivity index (χ0v) is 40.9. The molecule has 62 heavy (non-hydrogen) atoms. The minimum atomic E-state index is -0.779. The number of allylic oxidation sites excluding steroid dienone is 12. The lowest BCUT2D eigenvalue weighted by atomic mass is 10.0. The Bertz CT molecular complexity index is 1110. The number of unbranched alkanes of at least 4 members (excludes halogenated alkanes) is 28. The zero-order valence-electron chi connectivity index (χ0n) is 40.9. The molecule has 0 aromatic heterocycles. The topological polar surface area (TPSA) is 72.8 Å². The van der Waals surface area contributed by atoms with E-state index in [0.29, 0.717) is 12.8 Å². The standard InChI is InChI=1S/C57H100O5/c1-3-5-7-9-11-13-15-17-19-21-23-25-27-28-30-32-34-36-38-40-42-44-46-48-50-52-57(60)62-55(53-58)54-61-56(59)51-49-47-45-43-41-39-37-35-33-31-29-26-24-22-20-18-16-14-12-10-8-6-4-2/h5,7,11,13,17,19,22-25,28,30,55,58H,3-4,6,8-10,12,14-16,18,20-21,26-27,29,31-54H2,1-2H3/b7-5-,13-11-,19-17-,24-22-,25-23-,30-28-. The highest BCUT2D eigenvalue weighted by Gasteiger charge is 2.16. The van der Waals surface area contributed by atoms with Crippen LogP contribution in [0.2, 0.25) is 0 Å². The summed E-state index contributed by atoms with van der Waals surface area (Å²) in [7, 11) is 0. The van der Waals surface area contributed by atoms with E-state index in [1.54, 1.807) is 0 Å². The van der Waals surface area contributed by atoms with Crippen molar-refractivity contribution in [1.29, 1.82) is 0 Å². The molecule has 0 saturated carbocycles. The van der Waals surface area contributed by atoms with Gasteiger partial charge in [0.05, 0.1) is 6.61 Å². The Labute approximate surface area is 384 Å². The zero-order chi connectivity index (χ0) is 44.9. The molecule has 0 radical (unpaired) electrons. The summed E-state index contributed by atoms with van der Waals surface area (Å²) in [6.07, 6.45) is 71.4. The Morgan fingerprint density at radius 2 is 0.694 bits per heavy atom. The molecule has 0 fully saturated rings. The summed E-state index contributed by atoms with van der Waals surface area (Å²) in [6.45, 7) is 4.04. The van der Waals surface area contributed by atoms with E-state index in [-0.39, 0.29) is 25.2 Å². The van der Waals surface area contributed by atoms with Crippen LogP contribution in [-0.2, 0) is 19.1 Å². The SMILES string of the molecule is CC/C=C\C/C=C\C/C=C\C/C=C\C/C=C\CCCCCCCCCCCC(=O)OC(CO)COC(=O)CCCCCCCCCCCCC/C=C\CCCCCCCCCC. The summed E-state index contributed by atoms with van der Waals surface area (Å²) >= 11 is 0. The van der Waals surface area contributed by atoms with Crippen LogP contribution in [0.4, 0.5) is 0 Å². The summed E-state index contributed by atoms with van der Waals surface area (Å²) in [5.74, 6) is -0.594. The molecule has 1 N–H and O–H groups in total. The third-order valence-electron chi connectivity index (χ3n) is 11.5. The largest absolute Gasteiger partial charge is 0.462 e. The number of hydrogen-bond acceptors (Lipinski definition) is 5. The third kappa shape index (κ3) is 50.0. The quantitative estimate of drug-likeness (QED) is 0.0375. The monoisotopic (exact) mass is 865 g/mol. The van der Waals surface area contributed by atoms with Gasteiger partial charge in [0.25, 0.3) is 0 Å². The summed E-state index contributed by atoms with van der Waals surface area (Å²) in [5.41, 5.74) is 0. The Morgan fingerprint density at radius 3 is 1.06 bits per heavy atom. The fraction of sp³-hybridized carbons (Fsp3) is 0.754. The van der Waals surface area contributed by atoms with Gasteiger partial charge in [0.1, 0.15) is 6.61 Å². The first-order valence-electron chi connectivity index (χ1n) is 26.5. The van der Waals surface area contributed by atoms with Gasteiger partial charge < -0.3 is 14.6 Å². The van der Waals surface area contributed by atoms with E-state index >= 15 is 0 Å². The van der Waals surface area contributed by atoms with Crippen molar-refractivity contribution in [3.8, 4) is 0 Å². The molecule has 0 amide bonds. The van der Waals surface area contributed by atoms with Gasteiger partial charge in [-0.05, 0) is 83.5 Å². The van der Waals surface area contributed by atoms with Crippen molar-refractivity contribution in [2.24, 2.45) is 0 Å². The van der Waals surface area contributed by atoms with Crippen LogP contribution in [0, 0.1) is 0 Å². The van der Waals surface area contributed by atoms with Gasteiger partial charge in [-0.3, -0.25) is 9.59 Å². The molecule has 0 spiro atoms. The molecule has 0 rings (SSSR count). The number of carbonyl (C=O) groups is 2. The molecule has 5 nitrogen and oxygen atoms in total. The number of aliphatic hydroxyl groups excluding tert-OH is 1. The van der Waals surface area contributed by atoms with Gasteiger partial charge in [-0.2, -0.15) is 0 Å². The van der Waals surface area contributed by atoms with Crippen molar-refractivity contribution >= 4 is 11.9 Å². The van der Waals surface area contributed by atoms with Crippen LogP contribution in [0.1, 0.15) is 258 Å². The second-order valence-corrected chi connectivity index (χ2v) is 17.6. The number of esters is 2. The van der Waals surface area contributed by atoms with Crippen molar-refractivity contribution in [2.45, 2.75) is 264 Å². The van der Waals surface area contributed by atoms with E-state index in [1.807, 2.05) is 0 Å². The molecule has 0 aliphatic heterocycles.